The minimum absolute atomic E-state index is 0.191. The third kappa shape index (κ3) is 2.75. The number of aromatic nitrogens is 2. The monoisotopic (exact) mass is 238 g/mol. The Kier molecular flexibility index (Phi) is 3.31. The van der Waals surface area contributed by atoms with Crippen LogP contribution in [0.5, 0.6) is 0 Å². The predicted octanol–water partition coefficient (Wildman–Crippen LogP) is 1.23. The SMILES string of the molecule is CC(C)c1noc(N[C@@H]2CCC(=O)N(C)C2)n1. The van der Waals surface area contributed by atoms with Gasteiger partial charge in [-0.15, -0.1) is 0 Å². The highest BCUT2D eigenvalue weighted by Crippen LogP contribution is 2.17. The smallest absolute Gasteiger partial charge is 0.321 e. The molecule has 0 bridgehead atoms. The number of piperidine rings is 1. The number of hydrogen-bond donors (Lipinski definition) is 1. The van der Waals surface area contributed by atoms with Gasteiger partial charge >= 0.3 is 6.01 Å². The zero-order valence-electron chi connectivity index (χ0n) is 10.4. The molecule has 2 heterocycles. The first kappa shape index (κ1) is 11.9. The van der Waals surface area contributed by atoms with Crippen molar-refractivity contribution < 1.29 is 9.32 Å². The van der Waals surface area contributed by atoms with E-state index in [4.69, 9.17) is 4.52 Å². The van der Waals surface area contributed by atoms with Gasteiger partial charge in [0.1, 0.15) is 0 Å². The fraction of sp³-hybridized carbons (Fsp3) is 0.727. The molecule has 1 amide bonds. The molecule has 0 aliphatic carbocycles. The molecule has 0 radical (unpaired) electrons. The lowest BCUT2D eigenvalue weighted by Crippen LogP contribution is -2.43. The second-order valence-corrected chi connectivity index (χ2v) is 4.77. The first-order chi connectivity index (χ1) is 8.06. The predicted molar refractivity (Wildman–Crippen MR) is 62.7 cm³/mol. The zero-order chi connectivity index (χ0) is 12.4. The van der Waals surface area contributed by atoms with Gasteiger partial charge in [-0.1, -0.05) is 19.0 Å². The number of hydrogen-bond acceptors (Lipinski definition) is 5. The molecule has 1 atom stereocenters. The first-order valence-electron chi connectivity index (χ1n) is 5.90. The van der Waals surface area contributed by atoms with E-state index < -0.39 is 0 Å². The topological polar surface area (TPSA) is 71.3 Å². The van der Waals surface area contributed by atoms with Gasteiger partial charge in [0.15, 0.2) is 5.82 Å². The van der Waals surface area contributed by atoms with E-state index in [2.05, 4.69) is 15.5 Å². The van der Waals surface area contributed by atoms with Crippen molar-refractivity contribution in [3.63, 3.8) is 0 Å². The summed E-state index contributed by atoms with van der Waals surface area (Å²) in [6.07, 6.45) is 1.38. The van der Waals surface area contributed by atoms with E-state index >= 15 is 0 Å². The Hall–Kier alpha value is -1.59. The molecule has 0 unspecified atom stereocenters. The molecule has 0 spiro atoms. The van der Waals surface area contributed by atoms with Gasteiger partial charge in [0.2, 0.25) is 5.91 Å². The Morgan fingerprint density at radius 2 is 2.29 bits per heavy atom. The Labute approximate surface area is 100 Å². The van der Waals surface area contributed by atoms with Gasteiger partial charge in [-0.05, 0) is 6.42 Å². The number of rotatable bonds is 3. The largest absolute Gasteiger partial charge is 0.344 e. The molecule has 6 heteroatoms. The first-order valence-corrected chi connectivity index (χ1v) is 5.90. The minimum atomic E-state index is 0.191. The Bertz CT molecular complexity index is 402. The number of amides is 1. The molecule has 1 N–H and O–H groups in total. The van der Waals surface area contributed by atoms with Crippen molar-refractivity contribution in [1.82, 2.24) is 15.0 Å². The van der Waals surface area contributed by atoms with Crippen molar-refractivity contribution in [3.05, 3.63) is 5.82 Å². The lowest BCUT2D eigenvalue weighted by molar-refractivity contribution is -0.132. The van der Waals surface area contributed by atoms with E-state index in [-0.39, 0.29) is 17.9 Å². The second kappa shape index (κ2) is 4.73. The maximum atomic E-state index is 11.3. The van der Waals surface area contributed by atoms with Crippen LogP contribution in [0.2, 0.25) is 0 Å². The van der Waals surface area contributed by atoms with Crippen molar-refractivity contribution in [3.8, 4) is 0 Å². The standard InChI is InChI=1S/C11H18N4O2/c1-7(2)10-13-11(17-14-10)12-8-4-5-9(16)15(3)6-8/h7-8H,4-6H2,1-3H3,(H,12,13,14)/t8-/m1/s1. The molecule has 1 aliphatic heterocycles. The molecule has 1 aromatic heterocycles. The Balaban J connectivity index is 1.94. The molecule has 1 aliphatic rings. The fourth-order valence-electron chi connectivity index (χ4n) is 1.83. The molecule has 1 saturated heterocycles. The molecular formula is C11H18N4O2. The van der Waals surface area contributed by atoms with E-state index in [0.29, 0.717) is 24.8 Å². The Morgan fingerprint density at radius 3 is 2.88 bits per heavy atom. The van der Waals surface area contributed by atoms with Crippen LogP contribution in [0.3, 0.4) is 0 Å². The number of nitrogens with zero attached hydrogens (tertiary/aromatic N) is 3. The van der Waals surface area contributed by atoms with Crippen molar-refractivity contribution in [1.29, 1.82) is 0 Å². The van der Waals surface area contributed by atoms with Gasteiger partial charge < -0.3 is 14.7 Å². The number of carbonyl (C=O) groups is 1. The molecule has 6 nitrogen and oxygen atoms in total. The summed E-state index contributed by atoms with van der Waals surface area (Å²) in [5, 5.41) is 7.06. The van der Waals surface area contributed by atoms with Crippen LogP contribution in [0.25, 0.3) is 0 Å². The van der Waals surface area contributed by atoms with Crippen molar-refractivity contribution in [2.75, 3.05) is 18.9 Å². The zero-order valence-corrected chi connectivity index (χ0v) is 10.4. The summed E-state index contributed by atoms with van der Waals surface area (Å²) < 4.78 is 5.12. The van der Waals surface area contributed by atoms with Gasteiger partial charge in [0.05, 0.1) is 0 Å². The number of nitrogens with one attached hydrogen (secondary N) is 1. The highest BCUT2D eigenvalue weighted by molar-refractivity contribution is 5.76. The highest BCUT2D eigenvalue weighted by atomic mass is 16.5. The number of carbonyl (C=O) groups excluding carboxylic acids is 1. The lowest BCUT2D eigenvalue weighted by atomic mass is 10.1. The van der Waals surface area contributed by atoms with Gasteiger partial charge in [-0.25, -0.2) is 0 Å². The average molecular weight is 238 g/mol. The van der Waals surface area contributed by atoms with Gasteiger partial charge in [0, 0.05) is 32.0 Å². The summed E-state index contributed by atoms with van der Waals surface area (Å²) in [5.74, 6) is 1.15. The van der Waals surface area contributed by atoms with Crippen LogP contribution in [0, 0.1) is 0 Å². The van der Waals surface area contributed by atoms with E-state index in [1.54, 1.807) is 4.90 Å². The van der Waals surface area contributed by atoms with Gasteiger partial charge in [-0.3, -0.25) is 4.79 Å². The van der Waals surface area contributed by atoms with E-state index in [1.165, 1.54) is 0 Å². The van der Waals surface area contributed by atoms with Crippen LogP contribution in [0.1, 0.15) is 38.4 Å². The molecule has 0 saturated carbocycles. The third-order valence-electron chi connectivity index (χ3n) is 2.91. The minimum Gasteiger partial charge on any atom is -0.344 e. The maximum absolute atomic E-state index is 11.3. The average Bonchev–Trinajstić information content (AvgIpc) is 2.72. The third-order valence-corrected chi connectivity index (χ3v) is 2.91. The molecule has 94 valence electrons. The molecule has 17 heavy (non-hydrogen) atoms. The van der Waals surface area contributed by atoms with Crippen LogP contribution >= 0.6 is 0 Å². The van der Waals surface area contributed by atoms with Crippen molar-refractivity contribution in [2.24, 2.45) is 0 Å². The van der Waals surface area contributed by atoms with E-state index in [0.717, 1.165) is 6.42 Å². The summed E-state index contributed by atoms with van der Waals surface area (Å²) >= 11 is 0. The van der Waals surface area contributed by atoms with Crippen LogP contribution < -0.4 is 5.32 Å². The fourth-order valence-corrected chi connectivity index (χ4v) is 1.83. The molecule has 2 rings (SSSR count). The summed E-state index contributed by atoms with van der Waals surface area (Å²) in [4.78, 5) is 17.3. The lowest BCUT2D eigenvalue weighted by Gasteiger charge is -2.29. The van der Waals surface area contributed by atoms with Gasteiger partial charge in [0.25, 0.3) is 0 Å². The van der Waals surface area contributed by atoms with Crippen molar-refractivity contribution in [2.45, 2.75) is 38.6 Å². The molecule has 1 aromatic rings. The number of likely N-dealkylation sites (tertiary alicyclic amines) is 1. The maximum Gasteiger partial charge on any atom is 0.321 e. The summed E-state index contributed by atoms with van der Waals surface area (Å²) in [5.41, 5.74) is 0. The summed E-state index contributed by atoms with van der Waals surface area (Å²) in [7, 11) is 1.81. The molecule has 0 aromatic carbocycles. The van der Waals surface area contributed by atoms with Crippen LogP contribution in [0.15, 0.2) is 4.52 Å². The quantitative estimate of drug-likeness (QED) is 0.857. The van der Waals surface area contributed by atoms with Crippen LogP contribution in [-0.2, 0) is 4.79 Å². The van der Waals surface area contributed by atoms with E-state index in [1.807, 2.05) is 20.9 Å². The second-order valence-electron chi connectivity index (χ2n) is 4.77. The highest BCUT2D eigenvalue weighted by Gasteiger charge is 2.24. The Morgan fingerprint density at radius 1 is 1.53 bits per heavy atom. The summed E-state index contributed by atoms with van der Waals surface area (Å²) in [6.45, 7) is 4.71. The molecule has 1 fully saturated rings. The summed E-state index contributed by atoms with van der Waals surface area (Å²) in [6, 6.07) is 0.639. The van der Waals surface area contributed by atoms with Crippen LogP contribution in [0.4, 0.5) is 6.01 Å². The normalized spacial score (nSPS) is 21.1. The van der Waals surface area contributed by atoms with Gasteiger partial charge in [-0.2, -0.15) is 4.98 Å². The number of likely N-dealkylation sites (N-methyl/N-ethyl adjacent to an activating group) is 1. The van der Waals surface area contributed by atoms with E-state index in [9.17, 15) is 4.79 Å². The van der Waals surface area contributed by atoms with Crippen molar-refractivity contribution >= 4 is 11.9 Å². The molecular weight excluding hydrogens is 220 g/mol. The van der Waals surface area contributed by atoms with Crippen LogP contribution in [-0.4, -0.2) is 40.6 Å². The number of anilines is 1.